The van der Waals surface area contributed by atoms with Crippen LogP contribution >= 0.6 is 0 Å². The molecule has 0 aliphatic heterocycles. The van der Waals surface area contributed by atoms with Gasteiger partial charge < -0.3 is 5.11 Å². The van der Waals surface area contributed by atoms with Crippen molar-refractivity contribution in [2.24, 2.45) is 0 Å². The second-order valence-electron chi connectivity index (χ2n) is 4.55. The van der Waals surface area contributed by atoms with E-state index in [0.717, 1.165) is 12.0 Å². The third kappa shape index (κ3) is 2.26. The number of rotatable bonds is 3. The smallest absolute Gasteiger partial charge is 0.118 e. The zero-order valence-corrected chi connectivity index (χ0v) is 10.2. The molecule has 0 aliphatic carbocycles. The summed E-state index contributed by atoms with van der Waals surface area (Å²) in [7, 11) is -1.35. The molecule has 0 radical (unpaired) electrons. The maximum absolute atomic E-state index is 9.76. The van der Waals surface area contributed by atoms with Crippen LogP contribution in [0.2, 0.25) is 19.6 Å². The van der Waals surface area contributed by atoms with Gasteiger partial charge in [0.05, 0.1) is 8.07 Å². The quantitative estimate of drug-likeness (QED) is 0.595. The average Bonchev–Trinajstić information content (AvgIpc) is 2.07. The average molecular weight is 206 g/mol. The summed E-state index contributed by atoms with van der Waals surface area (Å²) >= 11 is 0. The van der Waals surface area contributed by atoms with Crippen molar-refractivity contribution in [1.29, 1.82) is 0 Å². The molecule has 1 aromatic carbocycles. The molecule has 76 valence electrons. The van der Waals surface area contributed by atoms with E-state index in [1.807, 2.05) is 12.1 Å². The van der Waals surface area contributed by atoms with Crippen LogP contribution in [0, 0.1) is 0 Å². The molecule has 0 atom stereocenters. The Kier molecular flexibility index (Phi) is 3.16. The predicted molar refractivity (Wildman–Crippen MR) is 65.0 cm³/mol. The Balaban J connectivity index is 3.28. The van der Waals surface area contributed by atoms with Crippen LogP contribution in [0.5, 0.6) is 5.75 Å². The molecule has 14 heavy (non-hydrogen) atoms. The third-order valence-electron chi connectivity index (χ3n) is 2.31. The van der Waals surface area contributed by atoms with E-state index in [2.05, 4.69) is 32.3 Å². The number of hydrogen-bond acceptors (Lipinski definition) is 1. The first kappa shape index (κ1) is 11.1. The first-order valence-corrected chi connectivity index (χ1v) is 8.39. The highest BCUT2D eigenvalue weighted by Crippen LogP contribution is 2.18. The first-order valence-electron chi connectivity index (χ1n) is 4.89. The monoisotopic (exact) mass is 206 g/mol. The molecule has 0 saturated heterocycles. The molecule has 0 bridgehead atoms. The number of benzene rings is 1. The lowest BCUT2D eigenvalue weighted by atomic mass is 10.1. The summed E-state index contributed by atoms with van der Waals surface area (Å²) in [5, 5.41) is 11.1. The summed E-state index contributed by atoms with van der Waals surface area (Å²) in [6.45, 7) is 10.6. The molecule has 0 aromatic heterocycles. The van der Waals surface area contributed by atoms with Gasteiger partial charge in [0, 0.05) is 0 Å². The van der Waals surface area contributed by atoms with Gasteiger partial charge in [-0.2, -0.15) is 0 Å². The molecule has 0 fully saturated rings. The Morgan fingerprint density at radius 1 is 1.36 bits per heavy atom. The van der Waals surface area contributed by atoms with E-state index in [4.69, 9.17) is 0 Å². The van der Waals surface area contributed by atoms with E-state index in [1.54, 1.807) is 6.07 Å². The van der Waals surface area contributed by atoms with Gasteiger partial charge in [-0.3, -0.25) is 0 Å². The standard InChI is InChI=1S/C12H18OSi/c1-5-7-10-11(13)8-6-9-12(10)14(2,3)4/h5-6,8-9,13H,1,7H2,2-4H3. The molecule has 0 aliphatic rings. The minimum atomic E-state index is -1.35. The number of hydrogen-bond donors (Lipinski definition) is 1. The number of allylic oxidation sites excluding steroid dienone is 1. The Bertz CT molecular complexity index is 337. The van der Waals surface area contributed by atoms with E-state index >= 15 is 0 Å². The van der Waals surface area contributed by atoms with Gasteiger partial charge in [-0.25, -0.2) is 0 Å². The number of aromatic hydroxyl groups is 1. The van der Waals surface area contributed by atoms with Gasteiger partial charge in [0.15, 0.2) is 0 Å². The highest BCUT2D eigenvalue weighted by molar-refractivity contribution is 6.89. The minimum absolute atomic E-state index is 0.407. The van der Waals surface area contributed by atoms with E-state index < -0.39 is 8.07 Å². The van der Waals surface area contributed by atoms with Crippen LogP contribution in [-0.2, 0) is 6.42 Å². The van der Waals surface area contributed by atoms with Crippen LogP contribution in [0.15, 0.2) is 30.9 Å². The van der Waals surface area contributed by atoms with Crippen molar-refractivity contribution >= 4 is 13.3 Å². The maximum Gasteiger partial charge on any atom is 0.118 e. The minimum Gasteiger partial charge on any atom is -0.508 e. The predicted octanol–water partition coefficient (Wildman–Crippen LogP) is 2.67. The third-order valence-corrected chi connectivity index (χ3v) is 4.39. The summed E-state index contributed by atoms with van der Waals surface area (Å²) in [6, 6.07) is 5.81. The van der Waals surface area contributed by atoms with E-state index in [0.29, 0.717) is 5.75 Å². The SMILES string of the molecule is C=CCc1c(O)cccc1[Si](C)(C)C. The lowest BCUT2D eigenvalue weighted by Gasteiger charge is -2.21. The van der Waals surface area contributed by atoms with Gasteiger partial charge >= 0.3 is 0 Å². The van der Waals surface area contributed by atoms with E-state index in [-0.39, 0.29) is 0 Å². The van der Waals surface area contributed by atoms with Gasteiger partial charge in [0.2, 0.25) is 0 Å². The summed E-state index contributed by atoms with van der Waals surface area (Å²) in [5.41, 5.74) is 1.06. The molecule has 1 rings (SSSR count). The number of phenolic OH excluding ortho intramolecular Hbond substituents is 1. The zero-order chi connectivity index (χ0) is 10.8. The molecule has 0 heterocycles. The van der Waals surface area contributed by atoms with Crippen molar-refractivity contribution < 1.29 is 5.11 Å². The van der Waals surface area contributed by atoms with Crippen molar-refractivity contribution in [3.63, 3.8) is 0 Å². The van der Waals surface area contributed by atoms with Crippen molar-refractivity contribution in [3.05, 3.63) is 36.4 Å². The fraction of sp³-hybridized carbons (Fsp3) is 0.333. The lowest BCUT2D eigenvalue weighted by molar-refractivity contribution is 0.470. The van der Waals surface area contributed by atoms with Crippen molar-refractivity contribution in [1.82, 2.24) is 0 Å². The molecule has 2 heteroatoms. The largest absolute Gasteiger partial charge is 0.508 e. The summed E-state index contributed by atoms with van der Waals surface area (Å²) < 4.78 is 0. The van der Waals surface area contributed by atoms with Crippen LogP contribution in [0.3, 0.4) is 0 Å². The van der Waals surface area contributed by atoms with Gasteiger partial charge in [-0.1, -0.05) is 43.0 Å². The molecule has 1 nitrogen and oxygen atoms in total. The van der Waals surface area contributed by atoms with E-state index in [9.17, 15) is 5.11 Å². The fourth-order valence-electron chi connectivity index (χ4n) is 1.64. The second-order valence-corrected chi connectivity index (χ2v) is 9.58. The van der Waals surface area contributed by atoms with Crippen LogP contribution in [-0.4, -0.2) is 13.2 Å². The van der Waals surface area contributed by atoms with Crippen LogP contribution in [0.25, 0.3) is 0 Å². The van der Waals surface area contributed by atoms with E-state index in [1.165, 1.54) is 5.19 Å². The van der Waals surface area contributed by atoms with Crippen molar-refractivity contribution in [2.75, 3.05) is 0 Å². The second kappa shape index (κ2) is 4.01. The molecule has 1 aromatic rings. The maximum atomic E-state index is 9.76. The van der Waals surface area contributed by atoms with Crippen molar-refractivity contribution in [2.45, 2.75) is 26.1 Å². The van der Waals surface area contributed by atoms with Gasteiger partial charge in [0.1, 0.15) is 5.75 Å². The molecule has 0 spiro atoms. The molecular formula is C12H18OSi. The summed E-state index contributed by atoms with van der Waals surface area (Å²) in [5.74, 6) is 0.407. The van der Waals surface area contributed by atoms with Gasteiger partial charge in [-0.15, -0.1) is 6.58 Å². The highest BCUT2D eigenvalue weighted by Gasteiger charge is 2.20. The van der Waals surface area contributed by atoms with Gasteiger partial charge in [-0.05, 0) is 18.1 Å². The zero-order valence-electron chi connectivity index (χ0n) is 9.17. The number of phenols is 1. The van der Waals surface area contributed by atoms with Crippen LogP contribution < -0.4 is 5.19 Å². The highest BCUT2D eigenvalue weighted by atomic mass is 28.3. The van der Waals surface area contributed by atoms with Crippen molar-refractivity contribution in [3.8, 4) is 5.75 Å². The lowest BCUT2D eigenvalue weighted by Crippen LogP contribution is -2.40. The Labute approximate surface area is 87.1 Å². The Morgan fingerprint density at radius 3 is 2.50 bits per heavy atom. The fourth-order valence-corrected chi connectivity index (χ4v) is 3.37. The molecule has 0 amide bonds. The van der Waals surface area contributed by atoms with Crippen LogP contribution in [0.4, 0.5) is 0 Å². The normalized spacial score (nSPS) is 11.4. The molecule has 0 saturated carbocycles. The van der Waals surface area contributed by atoms with Crippen LogP contribution in [0.1, 0.15) is 5.56 Å². The molecule has 1 N–H and O–H groups in total. The van der Waals surface area contributed by atoms with Gasteiger partial charge in [0.25, 0.3) is 0 Å². The molecular weight excluding hydrogens is 188 g/mol. The molecule has 0 unspecified atom stereocenters. The topological polar surface area (TPSA) is 20.2 Å². The Morgan fingerprint density at radius 2 is 2.00 bits per heavy atom. The summed E-state index contributed by atoms with van der Waals surface area (Å²) in [6.07, 6.45) is 2.60. The summed E-state index contributed by atoms with van der Waals surface area (Å²) in [4.78, 5) is 0. The first-order chi connectivity index (χ1) is 6.46. The Hall–Kier alpha value is -1.02.